The number of ether oxygens (including phenoxy) is 4. The first-order valence-corrected chi connectivity index (χ1v) is 38.8. The molecule has 0 spiro atoms. The molecule has 0 aromatic heterocycles. The van der Waals surface area contributed by atoms with E-state index < -0.39 is 97.5 Å². The number of hydrogen-bond donors (Lipinski definition) is 3. The average molecular weight is 1300 g/mol. The number of rotatable bonds is 66. The Bertz CT molecular complexity index is 1750. The fraction of sp³-hybridized carbons (Fsp3) is 0.942. The molecular formula is C69H134O17P2. The Morgan fingerprint density at radius 1 is 0.318 bits per heavy atom. The second-order valence-corrected chi connectivity index (χ2v) is 29.3. The molecule has 17 nitrogen and oxygen atoms in total. The molecule has 0 fully saturated rings. The zero-order chi connectivity index (χ0) is 65.4. The van der Waals surface area contributed by atoms with Crippen LogP contribution in [-0.2, 0) is 65.4 Å². The molecule has 0 saturated heterocycles. The van der Waals surface area contributed by atoms with Gasteiger partial charge in [0.05, 0.1) is 26.4 Å². The summed E-state index contributed by atoms with van der Waals surface area (Å²) in [6, 6.07) is 0. The van der Waals surface area contributed by atoms with Crippen molar-refractivity contribution in [2.75, 3.05) is 39.6 Å². The third-order valence-corrected chi connectivity index (χ3v) is 18.4. The maximum absolute atomic E-state index is 13.0. The van der Waals surface area contributed by atoms with Gasteiger partial charge in [0, 0.05) is 25.7 Å². The first-order valence-electron chi connectivity index (χ1n) is 35.8. The number of aliphatic hydroxyl groups is 1. The molecular weight excluding hydrogens is 1160 g/mol. The Morgan fingerprint density at radius 3 is 0.807 bits per heavy atom. The third kappa shape index (κ3) is 60.3. The summed E-state index contributed by atoms with van der Waals surface area (Å²) in [5.41, 5.74) is 0. The van der Waals surface area contributed by atoms with Crippen LogP contribution in [0.1, 0.15) is 338 Å². The molecule has 0 saturated carbocycles. The molecule has 4 unspecified atom stereocenters. The molecule has 0 rings (SSSR count). The highest BCUT2D eigenvalue weighted by Gasteiger charge is 2.30. The predicted molar refractivity (Wildman–Crippen MR) is 354 cm³/mol. The van der Waals surface area contributed by atoms with E-state index in [1.54, 1.807) is 0 Å². The maximum atomic E-state index is 13.0. The number of carbonyl (C=O) groups is 4. The Balaban J connectivity index is 5.24. The Labute approximate surface area is 537 Å². The van der Waals surface area contributed by atoms with Gasteiger partial charge in [0.1, 0.15) is 19.3 Å². The van der Waals surface area contributed by atoms with Crippen molar-refractivity contribution in [2.24, 2.45) is 23.7 Å². The molecule has 522 valence electrons. The molecule has 19 heteroatoms. The molecule has 0 aromatic rings. The van der Waals surface area contributed by atoms with Crippen LogP contribution in [0.5, 0.6) is 0 Å². The van der Waals surface area contributed by atoms with Gasteiger partial charge in [-0.15, -0.1) is 0 Å². The van der Waals surface area contributed by atoms with Gasteiger partial charge in [0.25, 0.3) is 0 Å². The summed E-state index contributed by atoms with van der Waals surface area (Å²) < 4.78 is 68.2. The highest BCUT2D eigenvalue weighted by Crippen LogP contribution is 2.45. The van der Waals surface area contributed by atoms with E-state index in [2.05, 4.69) is 55.4 Å². The van der Waals surface area contributed by atoms with E-state index in [1.165, 1.54) is 128 Å². The van der Waals surface area contributed by atoms with Gasteiger partial charge in [-0.1, -0.05) is 287 Å². The zero-order valence-corrected chi connectivity index (χ0v) is 59.1. The van der Waals surface area contributed by atoms with Crippen LogP contribution in [0.25, 0.3) is 0 Å². The molecule has 0 bridgehead atoms. The quantitative estimate of drug-likeness (QED) is 0.0222. The monoisotopic (exact) mass is 1300 g/mol. The molecule has 0 aliphatic heterocycles. The summed E-state index contributed by atoms with van der Waals surface area (Å²) in [4.78, 5) is 72.4. The summed E-state index contributed by atoms with van der Waals surface area (Å²) in [6.45, 7) is 14.0. The van der Waals surface area contributed by atoms with Crippen LogP contribution in [-0.4, -0.2) is 96.7 Å². The lowest BCUT2D eigenvalue weighted by Gasteiger charge is -2.21. The highest BCUT2D eigenvalue weighted by atomic mass is 31.2. The summed E-state index contributed by atoms with van der Waals surface area (Å²) in [5, 5.41) is 10.6. The number of aliphatic hydroxyl groups excluding tert-OH is 1. The van der Waals surface area contributed by atoms with E-state index in [0.29, 0.717) is 25.7 Å². The number of phosphoric ester groups is 2. The fourth-order valence-electron chi connectivity index (χ4n) is 10.2. The Hall–Kier alpha value is -1.94. The van der Waals surface area contributed by atoms with E-state index in [9.17, 15) is 43.2 Å². The smallest absolute Gasteiger partial charge is 0.462 e. The standard InChI is InChI=1S/C69H134O17P2/c1-9-61(7)47-39-31-25-27-33-41-49-66(71)79-55-64(85-68(73)51-43-35-23-18-16-14-12-11-13-15-17-21-29-37-45-59(3)4)57-83-87(75,76)81-53-63(70)54-82-88(77,78)84-58-65(56-80-67(72)50-42-34-28-26-32-40-48-62(8)10-2)86-69(74)52-44-36-24-20-19-22-30-38-46-60(5)6/h59-65,70H,9-58H2,1-8H3,(H,75,76)(H,77,78)/t61?,62?,63-,64-,65-/m1/s1. The number of unbranched alkanes of at least 4 members (excludes halogenated alkanes) is 30. The van der Waals surface area contributed by atoms with Gasteiger partial charge >= 0.3 is 39.5 Å². The van der Waals surface area contributed by atoms with E-state index in [0.717, 1.165) is 126 Å². The molecule has 0 radical (unpaired) electrons. The van der Waals surface area contributed by atoms with Crippen LogP contribution in [0.15, 0.2) is 0 Å². The maximum Gasteiger partial charge on any atom is 0.472 e. The Morgan fingerprint density at radius 2 is 0.545 bits per heavy atom. The van der Waals surface area contributed by atoms with Crippen LogP contribution < -0.4 is 0 Å². The molecule has 0 aliphatic rings. The van der Waals surface area contributed by atoms with Gasteiger partial charge in [-0.2, -0.15) is 0 Å². The van der Waals surface area contributed by atoms with Crippen LogP contribution in [0.3, 0.4) is 0 Å². The molecule has 0 heterocycles. The SMILES string of the molecule is CCC(C)CCCCCCCCC(=O)OC[C@H](COP(=O)(O)OC[C@@H](O)COP(=O)(O)OC[C@@H](COC(=O)CCCCCCCCC(C)CC)OC(=O)CCCCCCCCCCC(C)C)OC(=O)CCCCCCCCCCCCCCCCC(C)C. The minimum atomic E-state index is -4.95. The summed E-state index contributed by atoms with van der Waals surface area (Å²) in [7, 11) is -9.90. The lowest BCUT2D eigenvalue weighted by atomic mass is 10.00. The molecule has 0 aliphatic carbocycles. The number of esters is 4. The number of carbonyl (C=O) groups excluding carboxylic acids is 4. The second kappa shape index (κ2) is 58.8. The topological polar surface area (TPSA) is 237 Å². The van der Waals surface area contributed by atoms with Gasteiger partial charge in [0.15, 0.2) is 12.2 Å². The predicted octanol–water partition coefficient (Wildman–Crippen LogP) is 19.3. The molecule has 7 atom stereocenters. The normalized spacial score (nSPS) is 14.9. The van der Waals surface area contributed by atoms with E-state index in [-0.39, 0.29) is 25.7 Å². The van der Waals surface area contributed by atoms with Crippen molar-refractivity contribution in [3.8, 4) is 0 Å². The first-order chi connectivity index (χ1) is 42.2. The number of phosphoric acid groups is 2. The van der Waals surface area contributed by atoms with Crippen LogP contribution in [0.2, 0.25) is 0 Å². The van der Waals surface area contributed by atoms with Gasteiger partial charge < -0.3 is 33.8 Å². The van der Waals surface area contributed by atoms with Crippen molar-refractivity contribution < 1.29 is 80.2 Å². The molecule has 0 amide bonds. The van der Waals surface area contributed by atoms with Gasteiger partial charge in [-0.05, 0) is 49.4 Å². The van der Waals surface area contributed by atoms with Crippen molar-refractivity contribution in [3.05, 3.63) is 0 Å². The first kappa shape index (κ1) is 86.1. The van der Waals surface area contributed by atoms with Gasteiger partial charge in [-0.25, -0.2) is 9.13 Å². The zero-order valence-electron chi connectivity index (χ0n) is 57.3. The minimum absolute atomic E-state index is 0.103. The van der Waals surface area contributed by atoms with Crippen molar-refractivity contribution in [2.45, 2.75) is 356 Å². The molecule has 0 aromatic carbocycles. The van der Waals surface area contributed by atoms with Gasteiger partial charge in [0.2, 0.25) is 0 Å². The van der Waals surface area contributed by atoms with E-state index in [4.69, 9.17) is 37.0 Å². The van der Waals surface area contributed by atoms with Crippen molar-refractivity contribution in [1.29, 1.82) is 0 Å². The van der Waals surface area contributed by atoms with Crippen LogP contribution in [0, 0.1) is 23.7 Å². The fourth-order valence-corrected chi connectivity index (χ4v) is 11.8. The second-order valence-electron chi connectivity index (χ2n) is 26.4. The highest BCUT2D eigenvalue weighted by molar-refractivity contribution is 7.47. The summed E-state index contributed by atoms with van der Waals surface area (Å²) in [6.07, 6.45) is 40.4. The van der Waals surface area contributed by atoms with E-state index >= 15 is 0 Å². The largest absolute Gasteiger partial charge is 0.472 e. The van der Waals surface area contributed by atoms with Crippen molar-refractivity contribution in [1.82, 2.24) is 0 Å². The van der Waals surface area contributed by atoms with Crippen molar-refractivity contribution in [3.63, 3.8) is 0 Å². The average Bonchev–Trinajstić information content (AvgIpc) is 3.59. The summed E-state index contributed by atoms with van der Waals surface area (Å²) in [5.74, 6) is 0.841. The van der Waals surface area contributed by atoms with E-state index in [1.807, 2.05) is 0 Å². The third-order valence-electron chi connectivity index (χ3n) is 16.5. The number of hydrogen-bond acceptors (Lipinski definition) is 15. The minimum Gasteiger partial charge on any atom is -0.462 e. The molecule has 3 N–H and O–H groups in total. The Kier molecular flexibility index (Phi) is 57.6. The van der Waals surface area contributed by atoms with Crippen LogP contribution in [0.4, 0.5) is 0 Å². The summed E-state index contributed by atoms with van der Waals surface area (Å²) >= 11 is 0. The van der Waals surface area contributed by atoms with Crippen molar-refractivity contribution >= 4 is 39.5 Å². The molecule has 88 heavy (non-hydrogen) atoms. The lowest BCUT2D eigenvalue weighted by molar-refractivity contribution is -0.161. The lowest BCUT2D eigenvalue weighted by Crippen LogP contribution is -2.30. The van der Waals surface area contributed by atoms with Gasteiger partial charge in [-0.3, -0.25) is 37.3 Å². The van der Waals surface area contributed by atoms with Crippen LogP contribution >= 0.6 is 15.6 Å².